The Hall–Kier alpha value is -1.88. The molecular formula is C13H17N5. The number of hydrogen-bond donors (Lipinski definition) is 1. The third kappa shape index (κ3) is 1.97. The molecule has 1 saturated heterocycles. The van der Waals surface area contributed by atoms with Gasteiger partial charge in [0.1, 0.15) is 6.33 Å². The lowest BCUT2D eigenvalue weighted by Crippen LogP contribution is -2.44. The molecule has 0 spiro atoms. The maximum Gasteiger partial charge on any atom is 0.116 e. The minimum Gasteiger partial charge on any atom is -0.397 e. The van der Waals surface area contributed by atoms with Crippen LogP contribution in [0.3, 0.4) is 0 Å². The number of piperazine rings is 1. The number of fused-ring (bicyclic) bond motifs is 1. The van der Waals surface area contributed by atoms with Gasteiger partial charge in [0.05, 0.1) is 16.9 Å². The van der Waals surface area contributed by atoms with Crippen LogP contribution in [0.4, 0.5) is 11.4 Å². The van der Waals surface area contributed by atoms with E-state index in [2.05, 4.69) is 32.9 Å². The molecule has 0 aliphatic carbocycles. The summed E-state index contributed by atoms with van der Waals surface area (Å²) in [5.41, 5.74) is 8.99. The topological polar surface area (TPSA) is 58.3 Å². The van der Waals surface area contributed by atoms with Crippen LogP contribution in [-0.4, -0.2) is 48.1 Å². The number of nitrogens with zero attached hydrogens (tertiary/aromatic N) is 4. The predicted molar refractivity (Wildman–Crippen MR) is 73.7 cm³/mol. The van der Waals surface area contributed by atoms with Crippen LogP contribution >= 0.6 is 0 Å². The molecule has 0 atom stereocenters. The van der Waals surface area contributed by atoms with Crippen LogP contribution in [0.15, 0.2) is 24.7 Å². The van der Waals surface area contributed by atoms with E-state index in [1.165, 1.54) is 0 Å². The number of benzene rings is 1. The summed E-state index contributed by atoms with van der Waals surface area (Å²) in [6.45, 7) is 4.16. The van der Waals surface area contributed by atoms with Gasteiger partial charge in [0, 0.05) is 37.8 Å². The second kappa shape index (κ2) is 4.42. The van der Waals surface area contributed by atoms with Gasteiger partial charge in [-0.3, -0.25) is 0 Å². The van der Waals surface area contributed by atoms with Crippen LogP contribution in [0, 0.1) is 0 Å². The quantitative estimate of drug-likeness (QED) is 0.756. The Labute approximate surface area is 106 Å². The first-order valence-electron chi connectivity index (χ1n) is 6.17. The van der Waals surface area contributed by atoms with Crippen molar-refractivity contribution in [1.82, 2.24) is 14.9 Å². The van der Waals surface area contributed by atoms with Crippen molar-refractivity contribution in [2.24, 2.45) is 0 Å². The van der Waals surface area contributed by atoms with Crippen LogP contribution in [-0.2, 0) is 0 Å². The van der Waals surface area contributed by atoms with Crippen LogP contribution in [0.1, 0.15) is 0 Å². The molecule has 18 heavy (non-hydrogen) atoms. The third-order valence-corrected chi connectivity index (χ3v) is 3.50. The van der Waals surface area contributed by atoms with Crippen molar-refractivity contribution in [2.75, 3.05) is 43.9 Å². The van der Waals surface area contributed by atoms with Crippen LogP contribution in [0.2, 0.25) is 0 Å². The molecule has 5 heteroatoms. The molecule has 94 valence electrons. The molecule has 2 aromatic rings. The third-order valence-electron chi connectivity index (χ3n) is 3.50. The summed E-state index contributed by atoms with van der Waals surface area (Å²) in [5, 5.41) is 0.993. The second-order valence-corrected chi connectivity index (χ2v) is 4.78. The summed E-state index contributed by atoms with van der Waals surface area (Å²) in [5.74, 6) is 0. The minimum absolute atomic E-state index is 0.807. The molecule has 1 aromatic heterocycles. The number of hydrogen-bond acceptors (Lipinski definition) is 5. The van der Waals surface area contributed by atoms with Crippen LogP contribution in [0.25, 0.3) is 10.9 Å². The van der Waals surface area contributed by atoms with Gasteiger partial charge in [-0.2, -0.15) is 0 Å². The summed E-state index contributed by atoms with van der Waals surface area (Å²) >= 11 is 0. The van der Waals surface area contributed by atoms with Gasteiger partial charge in [-0.15, -0.1) is 0 Å². The van der Waals surface area contributed by atoms with E-state index in [1.54, 1.807) is 12.5 Å². The van der Waals surface area contributed by atoms with E-state index in [0.29, 0.717) is 0 Å². The van der Waals surface area contributed by atoms with E-state index in [1.807, 2.05) is 6.07 Å². The molecule has 1 fully saturated rings. The largest absolute Gasteiger partial charge is 0.397 e. The lowest BCUT2D eigenvalue weighted by atomic mass is 10.1. The van der Waals surface area contributed by atoms with Crippen molar-refractivity contribution < 1.29 is 0 Å². The minimum atomic E-state index is 0.807. The molecule has 1 aliphatic rings. The maximum atomic E-state index is 6.14. The van der Waals surface area contributed by atoms with Gasteiger partial charge in [0.25, 0.3) is 0 Å². The Kier molecular flexibility index (Phi) is 2.76. The Morgan fingerprint density at radius 1 is 1.17 bits per heavy atom. The van der Waals surface area contributed by atoms with Gasteiger partial charge >= 0.3 is 0 Å². The Balaban J connectivity index is 1.98. The molecule has 0 radical (unpaired) electrons. The van der Waals surface area contributed by atoms with E-state index in [9.17, 15) is 0 Å². The van der Waals surface area contributed by atoms with Crippen molar-refractivity contribution in [3.05, 3.63) is 24.7 Å². The van der Waals surface area contributed by atoms with E-state index >= 15 is 0 Å². The van der Waals surface area contributed by atoms with Crippen molar-refractivity contribution in [3.63, 3.8) is 0 Å². The normalized spacial score (nSPS) is 17.3. The number of anilines is 2. The van der Waals surface area contributed by atoms with Crippen molar-refractivity contribution >= 4 is 22.3 Å². The van der Waals surface area contributed by atoms with E-state index in [0.717, 1.165) is 48.5 Å². The average Bonchev–Trinajstić information content (AvgIpc) is 2.39. The maximum absolute atomic E-state index is 6.14. The number of aromatic nitrogens is 2. The number of nitrogens with two attached hydrogens (primary N) is 1. The molecular weight excluding hydrogens is 226 g/mol. The summed E-state index contributed by atoms with van der Waals surface area (Å²) in [4.78, 5) is 13.0. The summed E-state index contributed by atoms with van der Waals surface area (Å²) in [6.07, 6.45) is 3.37. The highest BCUT2D eigenvalue weighted by atomic mass is 15.2. The standard InChI is InChI=1S/C13H17N5/c1-17-2-4-18(5-3-17)13-7-12-10(6-11(13)14)8-15-9-16-12/h6-9H,2-5,14H2,1H3. The lowest BCUT2D eigenvalue weighted by Gasteiger charge is -2.34. The molecule has 0 bridgehead atoms. The average molecular weight is 243 g/mol. The lowest BCUT2D eigenvalue weighted by molar-refractivity contribution is 0.313. The first-order valence-corrected chi connectivity index (χ1v) is 6.17. The first-order chi connectivity index (χ1) is 8.74. The summed E-state index contributed by atoms with van der Waals surface area (Å²) in [6, 6.07) is 4.03. The fraction of sp³-hybridized carbons (Fsp3) is 0.385. The van der Waals surface area contributed by atoms with Gasteiger partial charge in [-0.05, 0) is 19.2 Å². The van der Waals surface area contributed by atoms with Gasteiger partial charge in [-0.1, -0.05) is 0 Å². The second-order valence-electron chi connectivity index (χ2n) is 4.78. The Morgan fingerprint density at radius 2 is 1.94 bits per heavy atom. The number of rotatable bonds is 1. The van der Waals surface area contributed by atoms with Crippen LogP contribution in [0.5, 0.6) is 0 Å². The highest BCUT2D eigenvalue weighted by molar-refractivity contribution is 5.88. The predicted octanol–water partition coefficient (Wildman–Crippen LogP) is 0.964. The van der Waals surface area contributed by atoms with Gasteiger partial charge in [0.2, 0.25) is 0 Å². The highest BCUT2D eigenvalue weighted by Gasteiger charge is 2.16. The molecule has 0 saturated carbocycles. The molecule has 1 aromatic carbocycles. The fourth-order valence-electron chi connectivity index (χ4n) is 2.36. The van der Waals surface area contributed by atoms with E-state index in [-0.39, 0.29) is 0 Å². The highest BCUT2D eigenvalue weighted by Crippen LogP contribution is 2.28. The molecule has 5 nitrogen and oxygen atoms in total. The zero-order chi connectivity index (χ0) is 12.5. The van der Waals surface area contributed by atoms with Crippen molar-refractivity contribution in [2.45, 2.75) is 0 Å². The smallest absolute Gasteiger partial charge is 0.116 e. The zero-order valence-corrected chi connectivity index (χ0v) is 10.5. The number of likely N-dealkylation sites (N-methyl/N-ethyl adjacent to an activating group) is 1. The molecule has 2 N–H and O–H groups in total. The monoisotopic (exact) mass is 243 g/mol. The SMILES string of the molecule is CN1CCN(c2cc3ncncc3cc2N)CC1. The molecule has 1 aliphatic heterocycles. The Bertz CT molecular complexity index is 560. The van der Waals surface area contributed by atoms with E-state index in [4.69, 9.17) is 5.73 Å². The fourth-order valence-corrected chi connectivity index (χ4v) is 2.36. The molecule has 2 heterocycles. The zero-order valence-electron chi connectivity index (χ0n) is 10.5. The van der Waals surface area contributed by atoms with Crippen molar-refractivity contribution in [1.29, 1.82) is 0 Å². The van der Waals surface area contributed by atoms with Gasteiger partial charge in [-0.25, -0.2) is 9.97 Å². The summed E-state index contributed by atoms with van der Waals surface area (Å²) in [7, 11) is 2.15. The van der Waals surface area contributed by atoms with E-state index < -0.39 is 0 Å². The molecule has 0 unspecified atom stereocenters. The molecule has 0 amide bonds. The van der Waals surface area contributed by atoms with Crippen molar-refractivity contribution in [3.8, 4) is 0 Å². The first kappa shape index (κ1) is 11.2. The molecule has 3 rings (SSSR count). The Morgan fingerprint density at radius 3 is 2.72 bits per heavy atom. The summed E-state index contributed by atoms with van der Waals surface area (Å²) < 4.78 is 0. The number of nitrogen functional groups attached to an aromatic ring is 1. The van der Waals surface area contributed by atoms with Crippen LogP contribution < -0.4 is 10.6 Å². The van der Waals surface area contributed by atoms with Gasteiger partial charge < -0.3 is 15.5 Å². The van der Waals surface area contributed by atoms with Gasteiger partial charge in [0.15, 0.2) is 0 Å².